The van der Waals surface area contributed by atoms with Crippen LogP contribution < -0.4 is 0 Å². The van der Waals surface area contributed by atoms with Crippen LogP contribution in [-0.2, 0) is 0 Å². The van der Waals surface area contributed by atoms with E-state index in [4.69, 9.17) is 0 Å². The number of aromatic nitrogens is 1. The first-order chi connectivity index (χ1) is 8.59. The van der Waals surface area contributed by atoms with Gasteiger partial charge in [-0.25, -0.2) is 9.37 Å². The van der Waals surface area contributed by atoms with Gasteiger partial charge in [0.25, 0.3) is 0 Å². The molecule has 0 bridgehead atoms. The zero-order valence-corrected chi connectivity index (χ0v) is 12.0. The fourth-order valence-electron chi connectivity index (χ4n) is 1.56. The average Bonchev–Trinajstić information content (AvgIpc) is 2.31. The van der Waals surface area contributed by atoms with Crippen LogP contribution >= 0.6 is 27.7 Å². The zero-order valence-electron chi connectivity index (χ0n) is 9.60. The molecule has 0 amide bonds. The molecule has 0 aliphatic heterocycles. The molecule has 94 valence electrons. The van der Waals surface area contributed by atoms with Crippen LogP contribution in [0.2, 0.25) is 0 Å². The largest absolute Gasteiger partial charge is 0.389 e. The molecule has 1 aromatic heterocycles. The van der Waals surface area contributed by atoms with Gasteiger partial charge in [-0.15, -0.1) is 0 Å². The quantitative estimate of drug-likeness (QED) is 0.917. The summed E-state index contributed by atoms with van der Waals surface area (Å²) in [5.74, 6) is -0.401. The Morgan fingerprint density at radius 2 is 2.11 bits per heavy atom. The summed E-state index contributed by atoms with van der Waals surface area (Å²) in [5.41, 5.74) is 0.306. The molecule has 18 heavy (non-hydrogen) atoms. The van der Waals surface area contributed by atoms with Crippen molar-refractivity contribution in [2.75, 3.05) is 0 Å². The van der Waals surface area contributed by atoms with Gasteiger partial charge in [-0.3, -0.25) is 0 Å². The Morgan fingerprint density at radius 1 is 1.33 bits per heavy atom. The number of nitrogens with zero attached hydrogens (tertiary/aromatic N) is 1. The fraction of sp³-hybridized carbons (Fsp3) is 0.154. The normalized spacial score (nSPS) is 12.4. The minimum atomic E-state index is -0.851. The Bertz CT molecular complexity index is 562. The van der Waals surface area contributed by atoms with E-state index >= 15 is 0 Å². The van der Waals surface area contributed by atoms with E-state index in [9.17, 15) is 9.50 Å². The van der Waals surface area contributed by atoms with Crippen molar-refractivity contribution in [2.45, 2.75) is 22.9 Å². The van der Waals surface area contributed by atoms with E-state index < -0.39 is 11.9 Å². The van der Waals surface area contributed by atoms with Gasteiger partial charge in [0.05, 0.1) is 10.6 Å². The molecule has 5 heteroatoms. The molecule has 0 saturated carbocycles. The minimum Gasteiger partial charge on any atom is -0.389 e. The third kappa shape index (κ3) is 2.91. The molecular formula is C13H11BrFNOS. The predicted octanol–water partition coefficient (Wildman–Crippen LogP) is 4.19. The molecule has 2 rings (SSSR count). The van der Waals surface area contributed by atoms with Gasteiger partial charge in [0.2, 0.25) is 0 Å². The third-order valence-electron chi connectivity index (χ3n) is 2.36. The summed E-state index contributed by atoms with van der Waals surface area (Å²) in [7, 11) is 0. The van der Waals surface area contributed by atoms with Gasteiger partial charge in [-0.1, -0.05) is 17.8 Å². The van der Waals surface area contributed by atoms with Crippen LogP contribution in [0.3, 0.4) is 0 Å². The zero-order chi connectivity index (χ0) is 13.1. The van der Waals surface area contributed by atoms with Crippen LogP contribution in [0, 0.1) is 5.82 Å². The number of pyridine rings is 1. The highest BCUT2D eigenvalue weighted by Gasteiger charge is 2.15. The van der Waals surface area contributed by atoms with E-state index in [0.29, 0.717) is 10.5 Å². The maximum Gasteiger partial charge on any atom is 0.130 e. The molecule has 0 fully saturated rings. The van der Waals surface area contributed by atoms with Crippen molar-refractivity contribution in [3.05, 3.63) is 52.4 Å². The highest BCUT2D eigenvalue weighted by Crippen LogP contribution is 2.36. The van der Waals surface area contributed by atoms with E-state index in [2.05, 4.69) is 20.9 Å². The van der Waals surface area contributed by atoms with E-state index in [1.54, 1.807) is 25.3 Å². The molecule has 0 aliphatic rings. The maximum absolute atomic E-state index is 13.7. The lowest BCUT2D eigenvalue weighted by Gasteiger charge is -2.12. The van der Waals surface area contributed by atoms with Crippen molar-refractivity contribution in [1.29, 1.82) is 0 Å². The Labute approximate surface area is 117 Å². The van der Waals surface area contributed by atoms with Gasteiger partial charge in [-0.05, 0) is 47.1 Å². The van der Waals surface area contributed by atoms with Crippen LogP contribution in [-0.4, -0.2) is 10.1 Å². The lowest BCUT2D eigenvalue weighted by atomic mass is 10.1. The van der Waals surface area contributed by atoms with Crippen LogP contribution in [0.15, 0.2) is 50.9 Å². The lowest BCUT2D eigenvalue weighted by molar-refractivity contribution is 0.191. The first-order valence-corrected chi connectivity index (χ1v) is 6.95. The Kier molecular flexibility index (Phi) is 4.37. The summed E-state index contributed by atoms with van der Waals surface area (Å²) >= 11 is 4.72. The summed E-state index contributed by atoms with van der Waals surface area (Å²) in [6.07, 6.45) is 0.824. The summed E-state index contributed by atoms with van der Waals surface area (Å²) < 4.78 is 14.5. The van der Waals surface area contributed by atoms with Crippen LogP contribution in [0.1, 0.15) is 18.6 Å². The third-order valence-corrected chi connectivity index (χ3v) is 4.36. The van der Waals surface area contributed by atoms with Crippen LogP contribution in [0.5, 0.6) is 0 Å². The number of hydrogen-bond donors (Lipinski definition) is 1. The van der Waals surface area contributed by atoms with Gasteiger partial charge < -0.3 is 5.11 Å². The number of benzene rings is 1. The molecule has 0 aliphatic carbocycles. The number of hydrogen-bond acceptors (Lipinski definition) is 3. The van der Waals surface area contributed by atoms with Crippen molar-refractivity contribution in [1.82, 2.24) is 4.98 Å². The topological polar surface area (TPSA) is 33.1 Å². The molecule has 2 aromatic rings. The van der Waals surface area contributed by atoms with Gasteiger partial charge in [-0.2, -0.15) is 0 Å². The first kappa shape index (κ1) is 13.5. The molecule has 0 radical (unpaired) electrons. The van der Waals surface area contributed by atoms with Gasteiger partial charge >= 0.3 is 0 Å². The summed E-state index contributed by atoms with van der Waals surface area (Å²) in [6, 6.07) is 8.43. The predicted molar refractivity (Wildman–Crippen MR) is 73.1 cm³/mol. The van der Waals surface area contributed by atoms with Crippen LogP contribution in [0.25, 0.3) is 0 Å². The van der Waals surface area contributed by atoms with E-state index in [-0.39, 0.29) is 0 Å². The highest BCUT2D eigenvalue weighted by atomic mass is 79.9. The van der Waals surface area contributed by atoms with E-state index in [0.717, 1.165) is 9.50 Å². The SMILES string of the molecule is C[C@H](O)c1c(F)cccc1Sc1ncccc1Br. The van der Waals surface area contributed by atoms with Gasteiger partial charge in [0, 0.05) is 16.7 Å². The maximum atomic E-state index is 13.7. The molecule has 1 aromatic carbocycles. The second-order valence-corrected chi connectivity index (χ2v) is 5.61. The first-order valence-electron chi connectivity index (χ1n) is 5.34. The fourth-order valence-corrected chi connectivity index (χ4v) is 3.07. The Balaban J connectivity index is 2.41. The van der Waals surface area contributed by atoms with Crippen molar-refractivity contribution >= 4 is 27.7 Å². The van der Waals surface area contributed by atoms with Crippen LogP contribution in [0.4, 0.5) is 4.39 Å². The summed E-state index contributed by atoms with van der Waals surface area (Å²) in [6.45, 7) is 1.55. The Hall–Kier alpha value is -0.910. The molecule has 0 saturated heterocycles. The molecule has 1 N–H and O–H groups in total. The van der Waals surface area contributed by atoms with Crippen molar-refractivity contribution in [3.8, 4) is 0 Å². The van der Waals surface area contributed by atoms with Gasteiger partial charge in [0.15, 0.2) is 0 Å². The van der Waals surface area contributed by atoms with Crippen molar-refractivity contribution < 1.29 is 9.50 Å². The minimum absolute atomic E-state index is 0.306. The summed E-state index contributed by atoms with van der Waals surface area (Å²) in [4.78, 5) is 4.89. The number of aliphatic hydroxyl groups is 1. The van der Waals surface area contributed by atoms with E-state index in [1.807, 2.05) is 12.1 Å². The number of rotatable bonds is 3. The van der Waals surface area contributed by atoms with Crippen molar-refractivity contribution in [3.63, 3.8) is 0 Å². The summed E-state index contributed by atoms with van der Waals surface area (Å²) in [5, 5.41) is 10.4. The molecule has 0 spiro atoms. The van der Waals surface area contributed by atoms with E-state index in [1.165, 1.54) is 17.8 Å². The average molecular weight is 328 g/mol. The molecule has 0 unspecified atom stereocenters. The Morgan fingerprint density at radius 3 is 2.78 bits per heavy atom. The number of halogens is 2. The monoisotopic (exact) mass is 327 g/mol. The number of aliphatic hydroxyl groups excluding tert-OH is 1. The smallest absolute Gasteiger partial charge is 0.130 e. The lowest BCUT2D eigenvalue weighted by Crippen LogP contribution is -1.98. The molecule has 2 nitrogen and oxygen atoms in total. The second-order valence-electron chi connectivity index (χ2n) is 3.72. The van der Waals surface area contributed by atoms with Crippen molar-refractivity contribution in [2.24, 2.45) is 0 Å². The highest BCUT2D eigenvalue weighted by molar-refractivity contribution is 9.10. The molecule has 1 heterocycles. The molecular weight excluding hydrogens is 317 g/mol. The standard InChI is InChI=1S/C13H11BrFNOS/c1-8(17)12-10(15)5-2-6-11(12)18-13-9(14)4-3-7-16-13/h2-8,17H,1H3/t8-/m0/s1. The van der Waals surface area contributed by atoms with Gasteiger partial charge in [0.1, 0.15) is 10.8 Å². The molecule has 1 atom stereocenters. The second kappa shape index (κ2) is 5.82.